The zero-order valence-electron chi connectivity index (χ0n) is 20.5. The quantitative estimate of drug-likeness (QED) is 0.549. The van der Waals surface area contributed by atoms with Gasteiger partial charge in [0.1, 0.15) is 17.0 Å². The van der Waals surface area contributed by atoms with Gasteiger partial charge in [0.05, 0.1) is 20.2 Å². The van der Waals surface area contributed by atoms with Gasteiger partial charge in [0.2, 0.25) is 5.91 Å². The average molecular weight is 472 g/mol. The maximum absolute atomic E-state index is 14.0. The molecule has 1 unspecified atom stereocenters. The van der Waals surface area contributed by atoms with Gasteiger partial charge in [0.15, 0.2) is 0 Å². The van der Waals surface area contributed by atoms with Crippen LogP contribution in [0, 0.1) is 0 Å². The first-order valence-electron chi connectivity index (χ1n) is 12.5. The zero-order valence-corrected chi connectivity index (χ0v) is 20.5. The summed E-state index contributed by atoms with van der Waals surface area (Å²) >= 11 is 0. The molecule has 3 aromatic rings. The monoisotopic (exact) mass is 471 g/mol. The number of ether oxygens (including phenoxy) is 1. The Morgan fingerprint density at radius 3 is 2.40 bits per heavy atom. The van der Waals surface area contributed by atoms with Crippen molar-refractivity contribution in [2.45, 2.75) is 63.7 Å². The molecule has 2 heterocycles. The van der Waals surface area contributed by atoms with E-state index in [4.69, 9.17) is 4.74 Å². The molecule has 2 aliphatic rings. The Bertz CT molecular complexity index is 1210. The molecule has 2 amide bonds. The normalized spacial score (nSPS) is 20.4. The van der Waals surface area contributed by atoms with Crippen LogP contribution in [0.2, 0.25) is 0 Å². The fraction of sp³-hybridized carbons (Fsp3) is 0.379. The van der Waals surface area contributed by atoms with Gasteiger partial charge < -0.3 is 19.5 Å². The van der Waals surface area contributed by atoms with Crippen molar-refractivity contribution in [3.05, 3.63) is 78.0 Å². The van der Waals surface area contributed by atoms with E-state index in [0.717, 1.165) is 42.5 Å². The Morgan fingerprint density at radius 2 is 1.66 bits per heavy atom. The molecule has 0 saturated heterocycles. The Balaban J connectivity index is 1.55. The molecule has 1 saturated carbocycles. The number of rotatable bonds is 6. The molecular weight excluding hydrogens is 438 g/mol. The molecule has 182 valence electrons. The van der Waals surface area contributed by atoms with E-state index in [-0.39, 0.29) is 17.9 Å². The number of methoxy groups -OCH3 is 1. The lowest BCUT2D eigenvalue weighted by atomic mass is 9.91. The van der Waals surface area contributed by atoms with E-state index in [1.165, 1.54) is 6.42 Å². The first-order valence-corrected chi connectivity index (χ1v) is 12.5. The predicted octanol–water partition coefficient (Wildman–Crippen LogP) is 5.03. The Hall–Kier alpha value is -3.54. The van der Waals surface area contributed by atoms with E-state index < -0.39 is 5.54 Å². The van der Waals surface area contributed by atoms with E-state index in [1.54, 1.807) is 12.0 Å². The van der Waals surface area contributed by atoms with Crippen molar-refractivity contribution >= 4 is 11.8 Å². The lowest BCUT2D eigenvalue weighted by Crippen LogP contribution is -2.64. The van der Waals surface area contributed by atoms with Crippen LogP contribution in [0.1, 0.15) is 55.1 Å². The third-order valence-corrected chi connectivity index (χ3v) is 7.53. The Labute approximate surface area is 206 Å². The molecule has 5 rings (SSSR count). The summed E-state index contributed by atoms with van der Waals surface area (Å²) in [4.78, 5) is 29.6. The number of benzene rings is 2. The van der Waals surface area contributed by atoms with Crippen LogP contribution in [0.4, 0.5) is 0 Å². The molecule has 6 heteroatoms. The molecular formula is C29H33N3O3. The van der Waals surface area contributed by atoms with Crippen molar-refractivity contribution in [2.75, 3.05) is 7.11 Å². The molecule has 1 aromatic heterocycles. The van der Waals surface area contributed by atoms with Crippen LogP contribution < -0.4 is 10.1 Å². The molecule has 0 spiro atoms. The zero-order chi connectivity index (χ0) is 24.4. The molecule has 1 aliphatic heterocycles. The molecule has 35 heavy (non-hydrogen) atoms. The third kappa shape index (κ3) is 4.33. The fourth-order valence-electron chi connectivity index (χ4n) is 5.47. The van der Waals surface area contributed by atoms with Crippen LogP contribution >= 0.6 is 0 Å². The van der Waals surface area contributed by atoms with Gasteiger partial charge in [-0.1, -0.05) is 67.8 Å². The highest BCUT2D eigenvalue weighted by atomic mass is 16.5. The predicted molar refractivity (Wildman–Crippen MR) is 136 cm³/mol. The molecule has 1 atom stereocenters. The van der Waals surface area contributed by atoms with Crippen molar-refractivity contribution in [2.24, 2.45) is 0 Å². The number of carbonyl (C=O) groups excluding carboxylic acids is 2. The van der Waals surface area contributed by atoms with Gasteiger partial charge in [-0.3, -0.25) is 9.59 Å². The minimum atomic E-state index is -1.05. The summed E-state index contributed by atoms with van der Waals surface area (Å²) in [6.07, 6.45) is 5.46. The number of hydrogen-bond acceptors (Lipinski definition) is 3. The number of fused-ring (bicyclic) bond motifs is 1. The largest absolute Gasteiger partial charge is 0.496 e. The van der Waals surface area contributed by atoms with Gasteiger partial charge in [0, 0.05) is 17.3 Å². The van der Waals surface area contributed by atoms with Gasteiger partial charge in [-0.05, 0) is 43.5 Å². The summed E-state index contributed by atoms with van der Waals surface area (Å²) in [6, 6.07) is 21.7. The van der Waals surface area contributed by atoms with Crippen LogP contribution in [-0.2, 0) is 17.9 Å². The minimum Gasteiger partial charge on any atom is -0.496 e. The van der Waals surface area contributed by atoms with Crippen molar-refractivity contribution in [3.8, 4) is 17.0 Å². The molecule has 1 aliphatic carbocycles. The number of para-hydroxylation sites is 1. The first kappa shape index (κ1) is 23.2. The van der Waals surface area contributed by atoms with Crippen molar-refractivity contribution in [1.29, 1.82) is 0 Å². The van der Waals surface area contributed by atoms with Crippen molar-refractivity contribution in [1.82, 2.24) is 14.8 Å². The molecule has 1 fully saturated rings. The fourth-order valence-corrected chi connectivity index (χ4v) is 5.47. The first-order chi connectivity index (χ1) is 17.0. The van der Waals surface area contributed by atoms with Crippen LogP contribution in [0.15, 0.2) is 66.7 Å². The van der Waals surface area contributed by atoms with Crippen LogP contribution in [0.5, 0.6) is 5.75 Å². The second-order valence-electron chi connectivity index (χ2n) is 9.84. The van der Waals surface area contributed by atoms with Crippen LogP contribution in [0.25, 0.3) is 11.3 Å². The van der Waals surface area contributed by atoms with Gasteiger partial charge >= 0.3 is 0 Å². The number of nitrogens with one attached hydrogen (secondary N) is 1. The second-order valence-corrected chi connectivity index (χ2v) is 9.84. The minimum absolute atomic E-state index is 0.0917. The second kappa shape index (κ2) is 9.61. The van der Waals surface area contributed by atoms with Gasteiger partial charge in [-0.25, -0.2) is 0 Å². The highest BCUT2D eigenvalue weighted by molar-refractivity contribution is 6.00. The molecule has 0 bridgehead atoms. The maximum atomic E-state index is 14.0. The highest BCUT2D eigenvalue weighted by Gasteiger charge is 2.48. The third-order valence-electron chi connectivity index (χ3n) is 7.53. The van der Waals surface area contributed by atoms with E-state index in [1.807, 2.05) is 78.2 Å². The molecule has 1 N–H and O–H groups in total. The summed E-state index contributed by atoms with van der Waals surface area (Å²) in [7, 11) is 1.63. The number of nitrogens with zero attached hydrogens (tertiary/aromatic N) is 2. The number of carbonyl (C=O) groups is 2. The number of amides is 2. The smallest absolute Gasteiger partial charge is 0.271 e. The standard InChI is InChI=1S/C29H33N3O3/c1-29(28(34)30-23-14-7-4-8-15-23)20-31-24(21-11-5-3-6-12-21)17-18-25(31)27(33)32(29)19-22-13-9-10-16-26(22)35-2/h3,5-6,9-13,16-18,23H,4,7-8,14-15,19-20H2,1-2H3,(H,30,34). The summed E-state index contributed by atoms with van der Waals surface area (Å²) < 4.78 is 7.57. The number of aromatic nitrogens is 1. The van der Waals surface area contributed by atoms with Crippen molar-refractivity contribution in [3.63, 3.8) is 0 Å². The summed E-state index contributed by atoms with van der Waals surface area (Å²) in [6.45, 7) is 2.58. The van der Waals surface area contributed by atoms with Crippen LogP contribution in [0.3, 0.4) is 0 Å². The average Bonchev–Trinajstić information content (AvgIpc) is 3.31. The SMILES string of the molecule is COc1ccccc1CN1C(=O)c2ccc(-c3ccccc3)n2CC1(C)C(=O)NC1CCCCC1. The maximum Gasteiger partial charge on any atom is 0.271 e. The summed E-state index contributed by atoms with van der Waals surface area (Å²) in [5.74, 6) is 0.470. The van der Waals surface area contributed by atoms with Crippen molar-refractivity contribution < 1.29 is 14.3 Å². The van der Waals surface area contributed by atoms with E-state index >= 15 is 0 Å². The van der Waals surface area contributed by atoms with E-state index in [9.17, 15) is 9.59 Å². The van der Waals surface area contributed by atoms with Gasteiger partial charge in [0.25, 0.3) is 5.91 Å². The van der Waals surface area contributed by atoms with E-state index in [2.05, 4.69) is 5.32 Å². The topological polar surface area (TPSA) is 63.6 Å². The Morgan fingerprint density at radius 1 is 0.971 bits per heavy atom. The lowest BCUT2D eigenvalue weighted by Gasteiger charge is -2.45. The van der Waals surface area contributed by atoms with Gasteiger partial charge in [-0.2, -0.15) is 0 Å². The molecule has 6 nitrogen and oxygen atoms in total. The number of hydrogen-bond donors (Lipinski definition) is 1. The Kier molecular flexibility index (Phi) is 6.37. The summed E-state index contributed by atoms with van der Waals surface area (Å²) in [5, 5.41) is 3.30. The summed E-state index contributed by atoms with van der Waals surface area (Å²) in [5.41, 5.74) is 2.40. The van der Waals surface area contributed by atoms with Gasteiger partial charge in [-0.15, -0.1) is 0 Å². The molecule has 2 aromatic carbocycles. The lowest BCUT2D eigenvalue weighted by molar-refractivity contribution is -0.134. The molecule has 0 radical (unpaired) electrons. The van der Waals surface area contributed by atoms with E-state index in [0.29, 0.717) is 24.5 Å². The van der Waals surface area contributed by atoms with Crippen LogP contribution in [-0.4, -0.2) is 40.0 Å². The highest BCUT2D eigenvalue weighted by Crippen LogP contribution is 2.35.